The highest BCUT2D eigenvalue weighted by Gasteiger charge is 2.17. The standard InChI is InChI=1S/C5H12NO4PS/c7-11(8,9)5-12-6-1-3-10-4-2-6/h1-5H2,(H2,7,8,9). The van der Waals surface area contributed by atoms with E-state index in [0.717, 1.165) is 13.1 Å². The first-order valence-corrected chi connectivity index (χ1v) is 6.32. The topological polar surface area (TPSA) is 70.0 Å². The third-order valence-corrected chi connectivity index (χ3v) is 3.92. The van der Waals surface area contributed by atoms with Gasteiger partial charge in [-0.25, -0.2) is 4.31 Å². The van der Waals surface area contributed by atoms with E-state index in [1.54, 1.807) is 0 Å². The van der Waals surface area contributed by atoms with E-state index in [2.05, 4.69) is 0 Å². The minimum atomic E-state index is -3.85. The third kappa shape index (κ3) is 4.45. The molecule has 7 heteroatoms. The molecule has 0 saturated carbocycles. The summed E-state index contributed by atoms with van der Waals surface area (Å²) in [5.74, 6) is 0. The van der Waals surface area contributed by atoms with E-state index < -0.39 is 7.60 Å². The molecule has 0 atom stereocenters. The lowest BCUT2D eigenvalue weighted by Gasteiger charge is -2.25. The van der Waals surface area contributed by atoms with Crippen LogP contribution in [0.2, 0.25) is 0 Å². The second-order valence-corrected chi connectivity index (χ2v) is 5.60. The predicted octanol–water partition coefficient (Wildman–Crippen LogP) is 0.102. The molecule has 0 aromatic rings. The van der Waals surface area contributed by atoms with Crippen LogP contribution < -0.4 is 0 Å². The van der Waals surface area contributed by atoms with Crippen molar-refractivity contribution < 1.29 is 19.1 Å². The lowest BCUT2D eigenvalue weighted by atomic mass is 10.5. The van der Waals surface area contributed by atoms with E-state index in [1.807, 2.05) is 4.31 Å². The molecule has 1 aliphatic heterocycles. The van der Waals surface area contributed by atoms with Gasteiger partial charge in [0.2, 0.25) is 0 Å². The molecule has 0 aromatic carbocycles. The summed E-state index contributed by atoms with van der Waals surface area (Å²) >= 11 is 1.19. The summed E-state index contributed by atoms with van der Waals surface area (Å²) in [6.07, 6.45) is 0. The molecule has 0 aromatic heterocycles. The zero-order valence-corrected chi connectivity index (χ0v) is 8.26. The van der Waals surface area contributed by atoms with Crippen molar-refractivity contribution in [1.29, 1.82) is 0 Å². The van der Waals surface area contributed by atoms with E-state index in [4.69, 9.17) is 14.5 Å². The Bertz CT molecular complexity index is 178. The Morgan fingerprint density at radius 3 is 2.50 bits per heavy atom. The molecule has 1 rings (SSSR count). The van der Waals surface area contributed by atoms with Gasteiger partial charge in [0, 0.05) is 13.1 Å². The second kappa shape index (κ2) is 4.60. The van der Waals surface area contributed by atoms with Crippen LogP contribution in [0.25, 0.3) is 0 Å². The van der Waals surface area contributed by atoms with Gasteiger partial charge in [-0.15, -0.1) is 0 Å². The van der Waals surface area contributed by atoms with E-state index >= 15 is 0 Å². The number of hydrogen-bond donors (Lipinski definition) is 2. The Morgan fingerprint density at radius 1 is 1.42 bits per heavy atom. The molecule has 0 unspecified atom stereocenters. The molecule has 2 N–H and O–H groups in total. The molecule has 0 spiro atoms. The molecule has 1 aliphatic rings. The molecular formula is C5H12NO4PS. The minimum Gasteiger partial charge on any atom is -0.379 e. The number of hydrogen-bond acceptors (Lipinski definition) is 4. The SMILES string of the molecule is O=P(O)(O)CSN1CCOCC1. The van der Waals surface area contributed by atoms with Crippen molar-refractivity contribution in [2.45, 2.75) is 0 Å². The molecule has 1 saturated heterocycles. The molecule has 0 amide bonds. The third-order valence-electron chi connectivity index (χ3n) is 1.38. The molecule has 72 valence electrons. The van der Waals surface area contributed by atoms with Gasteiger partial charge in [-0.2, -0.15) is 0 Å². The van der Waals surface area contributed by atoms with Crippen LogP contribution in [0.4, 0.5) is 0 Å². The fraction of sp³-hybridized carbons (Fsp3) is 1.00. The van der Waals surface area contributed by atoms with Crippen molar-refractivity contribution in [3.63, 3.8) is 0 Å². The van der Waals surface area contributed by atoms with Gasteiger partial charge >= 0.3 is 7.60 Å². The minimum absolute atomic E-state index is 0.132. The molecule has 5 nitrogen and oxygen atoms in total. The fourth-order valence-electron chi connectivity index (χ4n) is 0.833. The van der Waals surface area contributed by atoms with Crippen LogP contribution in [0.1, 0.15) is 0 Å². The second-order valence-electron chi connectivity index (χ2n) is 2.46. The smallest absolute Gasteiger partial charge is 0.336 e. The van der Waals surface area contributed by atoms with Crippen LogP contribution in [0, 0.1) is 0 Å². The first-order chi connectivity index (χ1) is 5.58. The van der Waals surface area contributed by atoms with Gasteiger partial charge in [-0.1, -0.05) is 11.9 Å². The summed E-state index contributed by atoms with van der Waals surface area (Å²) < 4.78 is 17.5. The van der Waals surface area contributed by atoms with E-state index in [9.17, 15) is 4.57 Å². The summed E-state index contributed by atoms with van der Waals surface area (Å²) in [7, 11) is -3.85. The first kappa shape index (κ1) is 10.5. The predicted molar refractivity (Wildman–Crippen MR) is 46.9 cm³/mol. The Balaban J connectivity index is 2.17. The molecule has 0 aliphatic carbocycles. The number of morpholine rings is 1. The zero-order valence-electron chi connectivity index (χ0n) is 6.55. The lowest BCUT2D eigenvalue weighted by molar-refractivity contribution is 0.0774. The van der Waals surface area contributed by atoms with Crippen LogP contribution in [-0.4, -0.2) is 45.9 Å². The fourth-order valence-corrected chi connectivity index (χ4v) is 2.49. The van der Waals surface area contributed by atoms with Crippen LogP contribution in [0.3, 0.4) is 0 Å². The zero-order chi connectivity index (χ0) is 9.03. The highest BCUT2D eigenvalue weighted by molar-refractivity contribution is 8.02. The molecular weight excluding hydrogens is 201 g/mol. The van der Waals surface area contributed by atoms with Gasteiger partial charge < -0.3 is 14.5 Å². The maximum Gasteiger partial charge on any atom is 0.336 e. The van der Waals surface area contributed by atoms with Crippen LogP contribution >= 0.6 is 19.5 Å². The van der Waals surface area contributed by atoms with Gasteiger partial charge in [0.25, 0.3) is 0 Å². The normalized spacial score (nSPS) is 21.2. The maximum atomic E-state index is 10.5. The first-order valence-electron chi connectivity index (χ1n) is 3.58. The van der Waals surface area contributed by atoms with Gasteiger partial charge in [-0.3, -0.25) is 4.57 Å². The Hall–Kier alpha value is 0.420. The average molecular weight is 213 g/mol. The number of nitrogens with zero attached hydrogens (tertiary/aromatic N) is 1. The van der Waals surface area contributed by atoms with Gasteiger partial charge in [-0.05, 0) is 0 Å². The summed E-state index contributed by atoms with van der Waals surface area (Å²) in [4.78, 5) is 17.2. The molecule has 12 heavy (non-hydrogen) atoms. The van der Waals surface area contributed by atoms with Gasteiger partial charge in [0.15, 0.2) is 0 Å². The Kier molecular flexibility index (Phi) is 4.02. The van der Waals surface area contributed by atoms with Crippen molar-refractivity contribution in [3.05, 3.63) is 0 Å². The average Bonchev–Trinajstić information content (AvgIpc) is 2.02. The van der Waals surface area contributed by atoms with E-state index in [0.29, 0.717) is 13.2 Å². The molecule has 1 heterocycles. The summed E-state index contributed by atoms with van der Waals surface area (Å²) in [5, 5.41) is 0. The van der Waals surface area contributed by atoms with E-state index in [-0.39, 0.29) is 5.49 Å². The quantitative estimate of drug-likeness (QED) is 0.512. The van der Waals surface area contributed by atoms with Crippen LogP contribution in [-0.2, 0) is 9.30 Å². The maximum absolute atomic E-state index is 10.5. The summed E-state index contributed by atoms with van der Waals surface area (Å²) in [5.41, 5.74) is -0.132. The van der Waals surface area contributed by atoms with Crippen LogP contribution in [0.15, 0.2) is 0 Å². The van der Waals surface area contributed by atoms with Gasteiger partial charge in [0.1, 0.15) is 5.49 Å². The van der Waals surface area contributed by atoms with E-state index in [1.165, 1.54) is 11.9 Å². The van der Waals surface area contributed by atoms with Crippen molar-refractivity contribution in [3.8, 4) is 0 Å². The van der Waals surface area contributed by atoms with Crippen molar-refractivity contribution in [2.75, 3.05) is 31.8 Å². The molecule has 0 radical (unpaired) electrons. The number of ether oxygens (including phenoxy) is 1. The van der Waals surface area contributed by atoms with Crippen LogP contribution in [0.5, 0.6) is 0 Å². The van der Waals surface area contributed by atoms with Gasteiger partial charge in [0.05, 0.1) is 13.2 Å². The monoisotopic (exact) mass is 213 g/mol. The van der Waals surface area contributed by atoms with Crippen molar-refractivity contribution >= 4 is 19.5 Å². The Labute approximate surface area is 75.4 Å². The Morgan fingerprint density at radius 2 is 2.00 bits per heavy atom. The largest absolute Gasteiger partial charge is 0.379 e. The lowest BCUT2D eigenvalue weighted by Crippen LogP contribution is -2.31. The molecule has 0 bridgehead atoms. The molecule has 1 fully saturated rings. The van der Waals surface area contributed by atoms with Crippen molar-refractivity contribution in [2.24, 2.45) is 0 Å². The summed E-state index contributed by atoms with van der Waals surface area (Å²) in [6, 6.07) is 0. The highest BCUT2D eigenvalue weighted by Crippen LogP contribution is 2.39. The van der Waals surface area contributed by atoms with Crippen molar-refractivity contribution in [1.82, 2.24) is 4.31 Å². The summed E-state index contributed by atoms with van der Waals surface area (Å²) in [6.45, 7) is 2.78. The number of rotatable bonds is 3. The highest BCUT2D eigenvalue weighted by atomic mass is 32.2.